The van der Waals surface area contributed by atoms with Gasteiger partial charge in [0.2, 0.25) is 6.79 Å². The molecule has 3 fully saturated rings. The Bertz CT molecular complexity index is 955. The Morgan fingerprint density at radius 2 is 1.90 bits per heavy atom. The number of β-lactam (4-membered cyclic amide) rings is 1. The number of carbonyl (C=O) groups excluding carboxylic acids is 3. The highest BCUT2D eigenvalue weighted by atomic mass is 32.2. The first kappa shape index (κ1) is 13.6. The Morgan fingerprint density at radius 1 is 1.23 bits per heavy atom. The van der Waals surface area contributed by atoms with Crippen molar-refractivity contribution in [3.63, 3.8) is 0 Å². The number of aliphatic imine (C=N–C) groups is 1. The van der Waals surface area contributed by atoms with Crippen LogP contribution in [0.2, 0.25) is 0 Å². The summed E-state index contributed by atoms with van der Waals surface area (Å²) in [5.41, 5.74) is -3.86. The molecule has 0 aromatic heterocycles. The van der Waals surface area contributed by atoms with Crippen molar-refractivity contribution in [2.24, 2.45) is 10.4 Å². The van der Waals surface area contributed by atoms with Crippen molar-refractivity contribution in [2.45, 2.75) is 82.3 Å². The molecule has 1 amide bonds. The fraction of sp³-hybridized carbons (Fsp3) is 0.810. The average Bonchev–Trinajstić information content (AvgIpc) is 2.89. The van der Waals surface area contributed by atoms with Crippen molar-refractivity contribution in [3.05, 3.63) is 0 Å². The van der Waals surface area contributed by atoms with Gasteiger partial charge in [0.1, 0.15) is 11.4 Å². The third-order valence-corrected chi connectivity index (χ3v) is 6.92. The van der Waals surface area contributed by atoms with E-state index in [2.05, 4.69) is 14.6 Å². The predicted octanol–water partition coefficient (Wildman–Crippen LogP) is 2.41. The lowest BCUT2D eigenvalue weighted by Crippen LogP contribution is -2.65. The van der Waals surface area contributed by atoms with E-state index in [-0.39, 0.29) is 5.91 Å². The van der Waals surface area contributed by atoms with E-state index in [4.69, 9.17) is 17.1 Å². The molecule has 3 heterocycles. The maximum absolute atomic E-state index is 13.0. The van der Waals surface area contributed by atoms with Gasteiger partial charge in [-0.15, -0.1) is 11.8 Å². The zero-order chi connectivity index (χ0) is 29.6. The molecule has 0 aromatic rings. The standard InChI is InChI=1S/C21H33N3O5S/c1-20(2,3)19(27)29-13-28-18(26)15-21(4,5)30-17-14(16(25)24(15)17)22-12-23-10-8-6-7-9-11-23/h12,14-15,17H,6-11,13H2,1-5H3/t14-,15+,17-/m1/s1/i1D3,2D3,3D3. The Labute approximate surface area is 195 Å². The molecular weight excluding hydrogens is 406 g/mol. The van der Waals surface area contributed by atoms with Gasteiger partial charge in [-0.05, 0) is 47.2 Å². The van der Waals surface area contributed by atoms with Crippen molar-refractivity contribution in [1.29, 1.82) is 0 Å². The lowest BCUT2D eigenvalue weighted by Gasteiger charge is -2.41. The van der Waals surface area contributed by atoms with Crippen LogP contribution in [0.1, 0.15) is 72.4 Å². The first-order chi connectivity index (χ1) is 17.8. The van der Waals surface area contributed by atoms with Crippen molar-refractivity contribution >= 4 is 35.9 Å². The van der Waals surface area contributed by atoms with Crippen molar-refractivity contribution in [3.8, 4) is 0 Å². The van der Waals surface area contributed by atoms with Crippen LogP contribution < -0.4 is 0 Å². The third-order valence-electron chi connectivity index (χ3n) is 5.36. The minimum Gasteiger partial charge on any atom is -0.427 e. The number of carbonyl (C=O) groups is 3. The second-order valence-electron chi connectivity index (χ2n) is 8.18. The quantitative estimate of drug-likeness (QED) is 0.210. The number of fused-ring (bicyclic) bond motifs is 1. The fourth-order valence-corrected chi connectivity index (χ4v) is 5.43. The molecule has 3 saturated heterocycles. The second kappa shape index (κ2) is 8.77. The summed E-state index contributed by atoms with van der Waals surface area (Å²) in [6.45, 7) is -7.46. The first-order valence-electron chi connectivity index (χ1n) is 14.4. The molecule has 0 spiro atoms. The summed E-state index contributed by atoms with van der Waals surface area (Å²) in [5, 5.41) is -0.426. The van der Waals surface area contributed by atoms with Gasteiger partial charge in [-0.3, -0.25) is 14.6 Å². The molecule has 168 valence electrons. The normalized spacial score (nSPS) is 34.4. The van der Waals surface area contributed by atoms with Gasteiger partial charge in [-0.2, -0.15) is 0 Å². The molecule has 3 atom stereocenters. The molecule has 0 aliphatic carbocycles. The van der Waals surface area contributed by atoms with Gasteiger partial charge in [0.15, 0.2) is 6.04 Å². The predicted molar refractivity (Wildman–Crippen MR) is 115 cm³/mol. The molecule has 0 aromatic carbocycles. The Hall–Kier alpha value is -1.77. The van der Waals surface area contributed by atoms with Crippen LogP contribution in [0.5, 0.6) is 0 Å². The molecule has 3 aliphatic rings. The van der Waals surface area contributed by atoms with Crippen molar-refractivity contribution in [1.82, 2.24) is 9.80 Å². The zero-order valence-corrected chi connectivity index (χ0v) is 17.9. The van der Waals surface area contributed by atoms with E-state index >= 15 is 0 Å². The monoisotopic (exact) mass is 448 g/mol. The molecule has 8 nitrogen and oxygen atoms in total. The topological polar surface area (TPSA) is 88.5 Å². The molecule has 0 radical (unpaired) electrons. The minimum absolute atomic E-state index is 0.380. The van der Waals surface area contributed by atoms with Gasteiger partial charge in [0.25, 0.3) is 5.91 Å². The SMILES string of the molecule is [2H]C([2H])([2H])C(C(=O)OCOC(=O)[C@@H]1N2C(=O)[C@@H](N=CN3CCCCCC3)[C@H]2SC1(C)C)(C([2H])([2H])[2H])C([2H])([2H])[2H]. The summed E-state index contributed by atoms with van der Waals surface area (Å²) in [6.07, 6.45) is 6.09. The highest BCUT2D eigenvalue weighted by Crippen LogP contribution is 2.51. The number of esters is 2. The Morgan fingerprint density at radius 3 is 2.53 bits per heavy atom. The van der Waals surface area contributed by atoms with Gasteiger partial charge in [-0.25, -0.2) is 4.79 Å². The van der Waals surface area contributed by atoms with Crippen LogP contribution in [-0.4, -0.2) is 76.1 Å². The number of hydrogen-bond donors (Lipinski definition) is 0. The molecule has 0 unspecified atom stereocenters. The van der Waals surface area contributed by atoms with Crippen LogP contribution in [0.25, 0.3) is 0 Å². The molecule has 9 heteroatoms. The summed E-state index contributed by atoms with van der Waals surface area (Å²) in [4.78, 5) is 46.5. The Balaban J connectivity index is 1.68. The lowest BCUT2D eigenvalue weighted by atomic mass is 9.96. The van der Waals surface area contributed by atoms with Gasteiger partial charge in [0, 0.05) is 30.2 Å². The van der Waals surface area contributed by atoms with E-state index in [0.717, 1.165) is 38.8 Å². The zero-order valence-electron chi connectivity index (χ0n) is 26.1. The van der Waals surface area contributed by atoms with Crippen LogP contribution in [-0.2, 0) is 23.9 Å². The minimum atomic E-state index is -3.86. The van der Waals surface area contributed by atoms with E-state index in [9.17, 15) is 14.4 Å². The number of thioether (sulfide) groups is 1. The molecule has 0 N–H and O–H groups in total. The number of likely N-dealkylation sites (tertiary alicyclic amines) is 1. The van der Waals surface area contributed by atoms with Crippen LogP contribution in [0.15, 0.2) is 4.99 Å². The number of rotatable bonds is 5. The van der Waals surface area contributed by atoms with E-state index in [1.165, 1.54) is 16.7 Å². The molecule has 0 bridgehead atoms. The first-order valence-corrected chi connectivity index (χ1v) is 10.8. The van der Waals surface area contributed by atoms with Gasteiger partial charge in [-0.1, -0.05) is 12.8 Å². The van der Waals surface area contributed by atoms with E-state index in [1.807, 2.05) is 0 Å². The number of hydrogen-bond acceptors (Lipinski definition) is 7. The van der Waals surface area contributed by atoms with Gasteiger partial charge >= 0.3 is 11.9 Å². The molecule has 0 saturated carbocycles. The summed E-state index contributed by atoms with van der Waals surface area (Å²) < 4.78 is 76.6. The van der Waals surface area contributed by atoms with E-state index in [0.29, 0.717) is 0 Å². The smallest absolute Gasteiger partial charge is 0.333 e. The van der Waals surface area contributed by atoms with Crippen LogP contribution >= 0.6 is 11.8 Å². The summed E-state index contributed by atoms with van der Waals surface area (Å²) in [5.74, 6) is -3.43. The maximum atomic E-state index is 13.0. The molecule has 30 heavy (non-hydrogen) atoms. The average molecular weight is 449 g/mol. The second-order valence-corrected chi connectivity index (χ2v) is 9.95. The molecular formula is C21H33N3O5S. The summed E-state index contributed by atoms with van der Waals surface area (Å²) >= 11 is 1.35. The summed E-state index contributed by atoms with van der Waals surface area (Å²) in [6, 6.07) is -1.77. The molecule has 3 aliphatic heterocycles. The van der Waals surface area contributed by atoms with E-state index in [1.54, 1.807) is 20.2 Å². The third kappa shape index (κ3) is 4.76. The Kier molecular flexibility index (Phi) is 3.97. The largest absolute Gasteiger partial charge is 0.427 e. The van der Waals surface area contributed by atoms with E-state index < -0.39 is 66.9 Å². The number of nitrogens with zero attached hydrogens (tertiary/aromatic N) is 3. The van der Waals surface area contributed by atoms with Crippen LogP contribution in [0.3, 0.4) is 0 Å². The number of amides is 1. The van der Waals surface area contributed by atoms with Crippen LogP contribution in [0.4, 0.5) is 0 Å². The van der Waals surface area contributed by atoms with Crippen molar-refractivity contribution in [2.75, 3.05) is 19.9 Å². The maximum Gasteiger partial charge on any atom is 0.333 e. The van der Waals surface area contributed by atoms with Gasteiger partial charge in [0.05, 0.1) is 11.8 Å². The fourth-order valence-electron chi connectivity index (χ4n) is 3.82. The highest BCUT2D eigenvalue weighted by Gasteiger charge is 2.64. The lowest BCUT2D eigenvalue weighted by molar-refractivity contribution is -0.179. The molecule has 3 rings (SSSR count). The van der Waals surface area contributed by atoms with Crippen molar-refractivity contribution < 1.29 is 36.2 Å². The number of ether oxygens (including phenoxy) is 2. The van der Waals surface area contributed by atoms with Gasteiger partial charge < -0.3 is 19.3 Å². The summed E-state index contributed by atoms with van der Waals surface area (Å²) in [7, 11) is 0. The highest BCUT2D eigenvalue weighted by molar-refractivity contribution is 8.01. The van der Waals surface area contributed by atoms with Crippen LogP contribution in [0, 0.1) is 5.41 Å².